The van der Waals surface area contributed by atoms with Gasteiger partial charge in [0.15, 0.2) is 0 Å². The number of piperidine rings is 1. The first-order valence-corrected chi connectivity index (χ1v) is 8.42. The van der Waals surface area contributed by atoms with Crippen LogP contribution in [0.4, 0.5) is 0 Å². The Bertz CT molecular complexity index is 595. The second kappa shape index (κ2) is 7.99. The predicted octanol–water partition coefficient (Wildman–Crippen LogP) is 2.31. The number of carbonyl (C=O) groups excluding carboxylic acids is 2. The molecule has 5 nitrogen and oxygen atoms in total. The van der Waals surface area contributed by atoms with Crippen molar-refractivity contribution < 1.29 is 9.59 Å². The molecule has 0 aromatic heterocycles. The first-order valence-electron chi connectivity index (χ1n) is 7.67. The molecule has 2 amide bonds. The normalized spacial score (nSPS) is 19.3. The van der Waals surface area contributed by atoms with E-state index in [1.54, 1.807) is 23.1 Å². The second-order valence-corrected chi connectivity index (χ2v) is 6.68. The maximum absolute atomic E-state index is 12.6. The van der Waals surface area contributed by atoms with Gasteiger partial charge < -0.3 is 16.0 Å². The number of hydrogen-bond acceptors (Lipinski definition) is 3. The molecule has 23 heavy (non-hydrogen) atoms. The summed E-state index contributed by atoms with van der Waals surface area (Å²) in [7, 11) is 0. The van der Waals surface area contributed by atoms with Crippen molar-refractivity contribution in [3.63, 3.8) is 0 Å². The van der Waals surface area contributed by atoms with Gasteiger partial charge in [-0.05, 0) is 38.0 Å². The highest BCUT2D eigenvalue weighted by Gasteiger charge is 2.29. The number of nitrogens with two attached hydrogens (primary N) is 1. The molecule has 1 aromatic rings. The Labute approximate surface area is 146 Å². The number of benzene rings is 1. The standard InChI is InChI=1S/C16H21Cl2N3O2/c1-10(8-19)20-15(22)12-3-2-6-21(9-12)16(23)11-4-5-13(17)14(18)7-11/h4-5,7,10,12H,2-3,6,8-9,19H2,1H3,(H,20,22)/t10-,12?/m0/s1. The molecule has 2 rings (SSSR count). The minimum atomic E-state index is -0.204. The average Bonchev–Trinajstić information content (AvgIpc) is 2.56. The van der Waals surface area contributed by atoms with E-state index in [1.165, 1.54) is 0 Å². The van der Waals surface area contributed by atoms with Crippen molar-refractivity contribution in [3.8, 4) is 0 Å². The first-order chi connectivity index (χ1) is 10.9. The summed E-state index contributed by atoms with van der Waals surface area (Å²) in [6.45, 7) is 3.29. The molecule has 1 saturated heterocycles. The second-order valence-electron chi connectivity index (χ2n) is 5.86. The number of rotatable bonds is 4. The van der Waals surface area contributed by atoms with Crippen LogP contribution in [0.5, 0.6) is 0 Å². The first kappa shape index (κ1) is 18.0. The molecule has 1 aliphatic heterocycles. The van der Waals surface area contributed by atoms with Crippen LogP contribution in [-0.2, 0) is 4.79 Å². The molecule has 1 aliphatic rings. The van der Waals surface area contributed by atoms with Crippen molar-refractivity contribution in [2.24, 2.45) is 11.7 Å². The van der Waals surface area contributed by atoms with Crippen LogP contribution in [0.1, 0.15) is 30.1 Å². The van der Waals surface area contributed by atoms with Crippen LogP contribution < -0.4 is 11.1 Å². The largest absolute Gasteiger partial charge is 0.352 e. The molecule has 126 valence electrons. The van der Waals surface area contributed by atoms with E-state index in [2.05, 4.69) is 5.32 Å². The van der Waals surface area contributed by atoms with Crippen molar-refractivity contribution in [2.75, 3.05) is 19.6 Å². The smallest absolute Gasteiger partial charge is 0.253 e. The van der Waals surface area contributed by atoms with Crippen LogP contribution in [-0.4, -0.2) is 42.4 Å². The highest BCUT2D eigenvalue weighted by molar-refractivity contribution is 6.42. The third-order valence-electron chi connectivity index (χ3n) is 3.99. The van der Waals surface area contributed by atoms with Crippen LogP contribution in [0.3, 0.4) is 0 Å². The van der Waals surface area contributed by atoms with Gasteiger partial charge in [-0.15, -0.1) is 0 Å². The minimum Gasteiger partial charge on any atom is -0.352 e. The monoisotopic (exact) mass is 357 g/mol. The van der Waals surface area contributed by atoms with Crippen LogP contribution in [0.15, 0.2) is 18.2 Å². The fourth-order valence-electron chi connectivity index (χ4n) is 2.61. The van der Waals surface area contributed by atoms with E-state index in [-0.39, 0.29) is 23.8 Å². The zero-order valence-electron chi connectivity index (χ0n) is 13.0. The number of nitrogens with one attached hydrogen (secondary N) is 1. The maximum atomic E-state index is 12.6. The number of nitrogens with zero attached hydrogens (tertiary/aromatic N) is 1. The van der Waals surface area contributed by atoms with Crippen LogP contribution in [0, 0.1) is 5.92 Å². The van der Waals surface area contributed by atoms with E-state index in [0.29, 0.717) is 35.2 Å². The third-order valence-corrected chi connectivity index (χ3v) is 4.73. The lowest BCUT2D eigenvalue weighted by Crippen LogP contribution is -2.48. The van der Waals surface area contributed by atoms with Gasteiger partial charge in [-0.2, -0.15) is 0 Å². The Balaban J connectivity index is 2.03. The highest BCUT2D eigenvalue weighted by atomic mass is 35.5. The van der Waals surface area contributed by atoms with Crippen molar-refractivity contribution in [1.29, 1.82) is 0 Å². The fourth-order valence-corrected chi connectivity index (χ4v) is 2.91. The summed E-state index contributed by atoms with van der Waals surface area (Å²) < 4.78 is 0. The Morgan fingerprint density at radius 2 is 2.13 bits per heavy atom. The molecule has 7 heteroatoms. The lowest BCUT2D eigenvalue weighted by atomic mass is 9.96. The molecule has 0 spiro atoms. The van der Waals surface area contributed by atoms with Gasteiger partial charge >= 0.3 is 0 Å². The SMILES string of the molecule is C[C@@H](CN)NC(=O)C1CCCN(C(=O)c2ccc(Cl)c(Cl)c2)C1. The van der Waals surface area contributed by atoms with Gasteiger partial charge in [0.2, 0.25) is 5.91 Å². The van der Waals surface area contributed by atoms with Crippen LogP contribution in [0.25, 0.3) is 0 Å². The number of amides is 2. The molecule has 0 aliphatic carbocycles. The summed E-state index contributed by atoms with van der Waals surface area (Å²) in [5, 5.41) is 3.63. The average molecular weight is 358 g/mol. The zero-order chi connectivity index (χ0) is 17.0. The summed E-state index contributed by atoms with van der Waals surface area (Å²) in [5.74, 6) is -0.382. The molecule has 1 unspecified atom stereocenters. The third kappa shape index (κ3) is 4.59. The molecule has 2 atom stereocenters. The lowest BCUT2D eigenvalue weighted by Gasteiger charge is -2.32. The van der Waals surface area contributed by atoms with E-state index >= 15 is 0 Å². The van der Waals surface area contributed by atoms with Crippen molar-refractivity contribution in [3.05, 3.63) is 33.8 Å². The molecule has 0 radical (unpaired) electrons. The van der Waals surface area contributed by atoms with Crippen molar-refractivity contribution in [1.82, 2.24) is 10.2 Å². The summed E-state index contributed by atoms with van der Waals surface area (Å²) in [5.41, 5.74) is 6.01. The van der Waals surface area contributed by atoms with Gasteiger partial charge in [0.25, 0.3) is 5.91 Å². The summed E-state index contributed by atoms with van der Waals surface area (Å²) in [6.07, 6.45) is 1.57. The molecule has 0 saturated carbocycles. The van der Waals surface area contributed by atoms with E-state index in [4.69, 9.17) is 28.9 Å². The number of likely N-dealkylation sites (tertiary alicyclic amines) is 1. The Kier molecular flexibility index (Phi) is 6.27. The van der Waals surface area contributed by atoms with Gasteiger partial charge in [0, 0.05) is 31.2 Å². The minimum absolute atomic E-state index is 0.0467. The summed E-state index contributed by atoms with van der Waals surface area (Å²) in [6, 6.07) is 4.75. The molecule has 3 N–H and O–H groups in total. The van der Waals surface area contributed by atoms with Crippen LogP contribution >= 0.6 is 23.2 Å². The Hall–Kier alpha value is -1.30. The van der Waals surface area contributed by atoms with Gasteiger partial charge in [0.05, 0.1) is 16.0 Å². The molecule has 1 heterocycles. The van der Waals surface area contributed by atoms with Crippen molar-refractivity contribution in [2.45, 2.75) is 25.8 Å². The van der Waals surface area contributed by atoms with E-state index in [1.807, 2.05) is 6.92 Å². The van der Waals surface area contributed by atoms with Crippen LogP contribution in [0.2, 0.25) is 10.0 Å². The molecule has 0 bridgehead atoms. The van der Waals surface area contributed by atoms with Gasteiger partial charge in [-0.3, -0.25) is 9.59 Å². The summed E-state index contributed by atoms with van der Waals surface area (Å²) >= 11 is 11.8. The fraction of sp³-hybridized carbons (Fsp3) is 0.500. The Morgan fingerprint density at radius 1 is 1.39 bits per heavy atom. The maximum Gasteiger partial charge on any atom is 0.253 e. The van der Waals surface area contributed by atoms with Gasteiger partial charge in [-0.1, -0.05) is 23.2 Å². The molecular weight excluding hydrogens is 337 g/mol. The highest BCUT2D eigenvalue weighted by Crippen LogP contribution is 2.25. The molecule has 1 aromatic carbocycles. The van der Waals surface area contributed by atoms with Crippen molar-refractivity contribution >= 4 is 35.0 Å². The van der Waals surface area contributed by atoms with E-state index in [9.17, 15) is 9.59 Å². The number of hydrogen-bond donors (Lipinski definition) is 2. The Morgan fingerprint density at radius 3 is 2.78 bits per heavy atom. The summed E-state index contributed by atoms with van der Waals surface area (Å²) in [4.78, 5) is 26.5. The lowest BCUT2D eigenvalue weighted by molar-refractivity contribution is -0.126. The van der Waals surface area contributed by atoms with Gasteiger partial charge in [-0.25, -0.2) is 0 Å². The van der Waals surface area contributed by atoms with Gasteiger partial charge in [0.1, 0.15) is 0 Å². The molecule has 1 fully saturated rings. The quantitative estimate of drug-likeness (QED) is 0.867. The van der Waals surface area contributed by atoms with E-state index < -0.39 is 0 Å². The molecular formula is C16H21Cl2N3O2. The topological polar surface area (TPSA) is 75.4 Å². The van der Waals surface area contributed by atoms with E-state index in [0.717, 1.165) is 12.8 Å². The predicted molar refractivity (Wildman–Crippen MR) is 91.7 cm³/mol. The number of carbonyl (C=O) groups is 2. The zero-order valence-corrected chi connectivity index (χ0v) is 14.5. The number of halogens is 2.